The van der Waals surface area contributed by atoms with E-state index in [0.717, 1.165) is 5.56 Å². The van der Waals surface area contributed by atoms with Crippen molar-refractivity contribution >= 4 is 27.6 Å². The Bertz CT molecular complexity index is 1300. The van der Waals surface area contributed by atoms with Crippen molar-refractivity contribution in [1.29, 1.82) is 0 Å². The second kappa shape index (κ2) is 11.3. The largest absolute Gasteiger partial charge is 0.497 e. The SMILES string of the molecule is COc1ccc(N(Cc2ccccc2)S(=O)(=O)c2cccc(C(=O)OCC(=O)OC(C)(C)C)c2)cc1. The van der Waals surface area contributed by atoms with E-state index in [-0.39, 0.29) is 17.0 Å². The first-order valence-corrected chi connectivity index (χ1v) is 12.6. The van der Waals surface area contributed by atoms with Crippen LogP contribution in [0.3, 0.4) is 0 Å². The van der Waals surface area contributed by atoms with Crippen LogP contribution in [0.2, 0.25) is 0 Å². The van der Waals surface area contributed by atoms with Gasteiger partial charge in [0.2, 0.25) is 0 Å². The highest BCUT2D eigenvalue weighted by Gasteiger charge is 2.27. The van der Waals surface area contributed by atoms with Crippen molar-refractivity contribution in [3.05, 3.63) is 90.0 Å². The molecule has 3 aromatic rings. The standard InChI is InChI=1S/C27H29NO7S/c1-27(2,3)35-25(29)19-34-26(30)21-11-8-12-24(17-21)36(31,32)28(18-20-9-6-5-7-10-20)22-13-15-23(33-4)16-14-22/h5-17H,18-19H2,1-4H3. The first-order valence-electron chi connectivity index (χ1n) is 11.2. The summed E-state index contributed by atoms with van der Waals surface area (Å²) in [7, 11) is -2.56. The number of carbonyl (C=O) groups is 2. The summed E-state index contributed by atoms with van der Waals surface area (Å²) in [6.45, 7) is 4.59. The molecule has 190 valence electrons. The second-order valence-electron chi connectivity index (χ2n) is 8.89. The maximum Gasteiger partial charge on any atom is 0.344 e. The van der Waals surface area contributed by atoms with Crippen molar-refractivity contribution < 1.29 is 32.2 Å². The molecule has 0 atom stereocenters. The van der Waals surface area contributed by atoms with Crippen molar-refractivity contribution in [3.8, 4) is 5.75 Å². The van der Waals surface area contributed by atoms with Gasteiger partial charge in [-0.1, -0.05) is 36.4 Å². The summed E-state index contributed by atoms with van der Waals surface area (Å²) in [5.41, 5.74) is 0.484. The highest BCUT2D eigenvalue weighted by Crippen LogP contribution is 2.28. The molecule has 36 heavy (non-hydrogen) atoms. The summed E-state index contributed by atoms with van der Waals surface area (Å²) < 4.78 is 44.1. The van der Waals surface area contributed by atoms with Crippen molar-refractivity contribution in [2.75, 3.05) is 18.0 Å². The zero-order valence-electron chi connectivity index (χ0n) is 20.6. The van der Waals surface area contributed by atoms with E-state index in [4.69, 9.17) is 14.2 Å². The molecular formula is C27H29NO7S. The fourth-order valence-electron chi connectivity index (χ4n) is 3.30. The molecule has 0 saturated heterocycles. The summed E-state index contributed by atoms with van der Waals surface area (Å²) in [6.07, 6.45) is 0. The van der Waals surface area contributed by atoms with E-state index in [9.17, 15) is 18.0 Å². The molecule has 3 rings (SSSR count). The molecule has 0 aromatic heterocycles. The van der Waals surface area contributed by atoms with Crippen LogP contribution in [0.15, 0.2) is 83.8 Å². The Morgan fingerprint density at radius 2 is 1.56 bits per heavy atom. The van der Waals surface area contributed by atoms with Crippen molar-refractivity contribution in [1.82, 2.24) is 0 Å². The van der Waals surface area contributed by atoms with Gasteiger partial charge in [0, 0.05) is 0 Å². The molecular weight excluding hydrogens is 482 g/mol. The van der Waals surface area contributed by atoms with E-state index >= 15 is 0 Å². The number of nitrogens with zero attached hydrogens (tertiary/aromatic N) is 1. The smallest absolute Gasteiger partial charge is 0.344 e. The number of carbonyl (C=O) groups excluding carboxylic acids is 2. The van der Waals surface area contributed by atoms with Gasteiger partial charge in [0.05, 0.1) is 29.8 Å². The Balaban J connectivity index is 1.89. The number of hydrogen-bond donors (Lipinski definition) is 0. The summed E-state index contributed by atoms with van der Waals surface area (Å²) in [4.78, 5) is 24.3. The van der Waals surface area contributed by atoms with Crippen molar-refractivity contribution in [3.63, 3.8) is 0 Å². The van der Waals surface area contributed by atoms with Crippen LogP contribution in [0.5, 0.6) is 5.75 Å². The number of sulfonamides is 1. The zero-order chi connectivity index (χ0) is 26.3. The molecule has 0 amide bonds. The molecule has 0 bridgehead atoms. The minimum absolute atomic E-state index is 0.00553. The minimum atomic E-state index is -4.09. The Morgan fingerprint density at radius 1 is 0.889 bits per heavy atom. The van der Waals surface area contributed by atoms with E-state index < -0.39 is 34.2 Å². The maximum atomic E-state index is 13.8. The van der Waals surface area contributed by atoms with Crippen LogP contribution in [-0.4, -0.2) is 39.7 Å². The molecule has 0 spiro atoms. The van der Waals surface area contributed by atoms with Crippen LogP contribution in [0.1, 0.15) is 36.7 Å². The number of methoxy groups -OCH3 is 1. The van der Waals surface area contributed by atoms with E-state index in [1.54, 1.807) is 45.0 Å². The lowest BCUT2D eigenvalue weighted by Crippen LogP contribution is -2.30. The quantitative estimate of drug-likeness (QED) is 0.388. The summed E-state index contributed by atoms with van der Waals surface area (Å²) >= 11 is 0. The predicted molar refractivity (Wildman–Crippen MR) is 135 cm³/mol. The molecule has 0 aliphatic rings. The van der Waals surface area contributed by atoms with Gasteiger partial charge in [0.25, 0.3) is 10.0 Å². The zero-order valence-corrected chi connectivity index (χ0v) is 21.4. The topological polar surface area (TPSA) is 99.2 Å². The first-order chi connectivity index (χ1) is 17.0. The summed E-state index contributed by atoms with van der Waals surface area (Å²) in [5, 5.41) is 0. The fourth-order valence-corrected chi connectivity index (χ4v) is 4.80. The van der Waals surface area contributed by atoms with Gasteiger partial charge in [-0.2, -0.15) is 0 Å². The van der Waals surface area contributed by atoms with E-state index in [1.807, 2.05) is 30.3 Å². The average molecular weight is 512 g/mol. The summed E-state index contributed by atoms with van der Waals surface area (Å²) in [6, 6.07) is 21.3. The molecule has 0 radical (unpaired) electrons. The van der Waals surface area contributed by atoms with E-state index in [2.05, 4.69) is 0 Å². The number of rotatable bonds is 9. The number of anilines is 1. The third-order valence-electron chi connectivity index (χ3n) is 4.93. The molecule has 3 aromatic carbocycles. The molecule has 0 unspecified atom stereocenters. The Hall–Kier alpha value is -3.85. The third kappa shape index (κ3) is 7.08. The van der Waals surface area contributed by atoms with E-state index in [0.29, 0.717) is 11.4 Å². The van der Waals surface area contributed by atoms with Crippen LogP contribution in [0.25, 0.3) is 0 Å². The molecule has 0 N–H and O–H groups in total. The lowest BCUT2D eigenvalue weighted by Gasteiger charge is -2.25. The van der Waals surface area contributed by atoms with Gasteiger partial charge < -0.3 is 14.2 Å². The van der Waals surface area contributed by atoms with Gasteiger partial charge in [-0.05, 0) is 68.8 Å². The number of esters is 2. The molecule has 8 nitrogen and oxygen atoms in total. The Labute approximate surface area is 211 Å². The second-order valence-corrected chi connectivity index (χ2v) is 10.7. The predicted octanol–water partition coefficient (Wildman–Crippen LogP) is 4.59. The van der Waals surface area contributed by atoms with Gasteiger partial charge in [0.15, 0.2) is 6.61 Å². The molecule has 0 aliphatic heterocycles. The lowest BCUT2D eigenvalue weighted by molar-refractivity contribution is -0.158. The molecule has 9 heteroatoms. The molecule has 0 heterocycles. The van der Waals surface area contributed by atoms with Gasteiger partial charge in [-0.25, -0.2) is 18.0 Å². The number of hydrogen-bond acceptors (Lipinski definition) is 7. The Kier molecular flexibility index (Phi) is 8.37. The highest BCUT2D eigenvalue weighted by molar-refractivity contribution is 7.92. The fraction of sp³-hybridized carbons (Fsp3) is 0.259. The lowest BCUT2D eigenvalue weighted by atomic mass is 10.2. The monoisotopic (exact) mass is 511 g/mol. The van der Waals surface area contributed by atoms with Crippen molar-refractivity contribution in [2.24, 2.45) is 0 Å². The summed E-state index contributed by atoms with van der Waals surface area (Å²) in [5.74, 6) is -0.948. The van der Waals surface area contributed by atoms with Crippen LogP contribution in [0.4, 0.5) is 5.69 Å². The van der Waals surface area contributed by atoms with Gasteiger partial charge in [-0.3, -0.25) is 4.31 Å². The first kappa shape index (κ1) is 26.7. The van der Waals surface area contributed by atoms with Crippen LogP contribution < -0.4 is 9.04 Å². The van der Waals surface area contributed by atoms with Crippen LogP contribution >= 0.6 is 0 Å². The van der Waals surface area contributed by atoms with Crippen LogP contribution in [0, 0.1) is 0 Å². The maximum absolute atomic E-state index is 13.8. The molecule has 0 fully saturated rings. The Morgan fingerprint density at radius 3 is 2.17 bits per heavy atom. The highest BCUT2D eigenvalue weighted by atomic mass is 32.2. The van der Waals surface area contributed by atoms with Crippen LogP contribution in [-0.2, 0) is 30.8 Å². The average Bonchev–Trinajstić information content (AvgIpc) is 2.85. The number of ether oxygens (including phenoxy) is 3. The normalized spacial score (nSPS) is 11.4. The number of benzene rings is 3. The third-order valence-corrected chi connectivity index (χ3v) is 6.70. The minimum Gasteiger partial charge on any atom is -0.497 e. The van der Waals surface area contributed by atoms with Gasteiger partial charge >= 0.3 is 11.9 Å². The molecule has 0 aliphatic carbocycles. The van der Waals surface area contributed by atoms with Crippen molar-refractivity contribution in [2.45, 2.75) is 37.8 Å². The van der Waals surface area contributed by atoms with Gasteiger partial charge in [-0.15, -0.1) is 0 Å². The molecule has 0 saturated carbocycles. The van der Waals surface area contributed by atoms with Gasteiger partial charge in [0.1, 0.15) is 11.4 Å². The van der Waals surface area contributed by atoms with E-state index in [1.165, 1.54) is 35.7 Å².